The fraction of sp³-hybridized carbons (Fsp3) is 0.143. The highest BCUT2D eigenvalue weighted by Crippen LogP contribution is 2.13. The van der Waals surface area contributed by atoms with E-state index in [1.807, 2.05) is 19.1 Å². The van der Waals surface area contributed by atoms with Gasteiger partial charge in [0.15, 0.2) is 0 Å². The van der Waals surface area contributed by atoms with E-state index in [0.29, 0.717) is 11.4 Å². The van der Waals surface area contributed by atoms with Crippen LogP contribution in [0.25, 0.3) is 5.69 Å². The van der Waals surface area contributed by atoms with Crippen molar-refractivity contribution in [3.63, 3.8) is 0 Å². The Morgan fingerprint density at radius 3 is 2.22 bits per heavy atom. The summed E-state index contributed by atoms with van der Waals surface area (Å²) in [5, 5.41) is 9.06. The van der Waals surface area contributed by atoms with Gasteiger partial charge in [0.2, 0.25) is 0 Å². The van der Waals surface area contributed by atoms with Crippen LogP contribution >= 0.6 is 0 Å². The van der Waals surface area contributed by atoms with Crippen LogP contribution in [-0.2, 0) is 0 Å². The number of hydrogen-bond donors (Lipinski definition) is 1. The summed E-state index contributed by atoms with van der Waals surface area (Å²) in [5.74, 6) is -1.03. The summed E-state index contributed by atoms with van der Waals surface area (Å²) in [6.45, 7) is 3.58. The molecule has 0 atom stereocenters. The number of aromatic carboxylic acids is 1. The Hall–Kier alpha value is -2.36. The van der Waals surface area contributed by atoms with E-state index in [0.717, 1.165) is 5.56 Å². The van der Waals surface area contributed by atoms with Gasteiger partial charge >= 0.3 is 5.97 Å². The van der Waals surface area contributed by atoms with Crippen molar-refractivity contribution in [2.75, 3.05) is 0 Å². The topological polar surface area (TPSA) is 59.3 Å². The average molecular weight is 243 g/mol. The van der Waals surface area contributed by atoms with Crippen LogP contribution in [0.15, 0.2) is 41.2 Å². The minimum Gasteiger partial charge on any atom is -0.478 e. The van der Waals surface area contributed by atoms with Crippen molar-refractivity contribution >= 4 is 5.97 Å². The molecule has 4 nitrogen and oxygen atoms in total. The maximum Gasteiger partial charge on any atom is 0.337 e. The fourth-order valence-corrected chi connectivity index (χ4v) is 1.88. The molecule has 18 heavy (non-hydrogen) atoms. The first-order valence-corrected chi connectivity index (χ1v) is 5.53. The van der Waals surface area contributed by atoms with E-state index >= 15 is 0 Å². The monoisotopic (exact) mass is 243 g/mol. The number of hydrogen-bond acceptors (Lipinski definition) is 2. The van der Waals surface area contributed by atoms with Crippen molar-refractivity contribution in [3.8, 4) is 5.69 Å². The van der Waals surface area contributed by atoms with Gasteiger partial charge in [0.1, 0.15) is 0 Å². The number of rotatable bonds is 2. The standard InChI is InChI=1S/C14H13NO3/c1-9-3-5-11(6-4-9)15-10(2)12(14(17)18)7-8-13(15)16/h3-8H,1-2H3,(H,17,18). The Morgan fingerprint density at radius 2 is 1.67 bits per heavy atom. The van der Waals surface area contributed by atoms with Crippen molar-refractivity contribution in [2.45, 2.75) is 13.8 Å². The van der Waals surface area contributed by atoms with Crippen LogP contribution in [0.5, 0.6) is 0 Å². The van der Waals surface area contributed by atoms with Crippen LogP contribution in [0.2, 0.25) is 0 Å². The molecule has 2 rings (SSSR count). The summed E-state index contributed by atoms with van der Waals surface area (Å²) in [6.07, 6.45) is 0. The molecule has 0 saturated carbocycles. The smallest absolute Gasteiger partial charge is 0.337 e. The molecule has 4 heteroatoms. The molecule has 2 aromatic rings. The molecule has 0 spiro atoms. The normalized spacial score (nSPS) is 10.3. The van der Waals surface area contributed by atoms with Gasteiger partial charge in [-0.1, -0.05) is 17.7 Å². The third-order valence-electron chi connectivity index (χ3n) is 2.86. The number of carboxylic acids is 1. The first-order valence-electron chi connectivity index (χ1n) is 5.53. The predicted molar refractivity (Wildman–Crippen MR) is 68.5 cm³/mol. The lowest BCUT2D eigenvalue weighted by molar-refractivity contribution is 0.0695. The number of benzene rings is 1. The number of nitrogens with zero attached hydrogens (tertiary/aromatic N) is 1. The van der Waals surface area contributed by atoms with Crippen molar-refractivity contribution in [2.24, 2.45) is 0 Å². The number of carboxylic acid groups (broad SMARTS) is 1. The van der Waals surface area contributed by atoms with Crippen LogP contribution in [0.1, 0.15) is 21.6 Å². The highest BCUT2D eigenvalue weighted by atomic mass is 16.4. The van der Waals surface area contributed by atoms with Crippen LogP contribution in [0, 0.1) is 13.8 Å². The lowest BCUT2D eigenvalue weighted by atomic mass is 10.1. The summed E-state index contributed by atoms with van der Waals surface area (Å²) in [4.78, 5) is 22.9. The molecule has 0 aliphatic heterocycles. The number of carbonyl (C=O) groups is 1. The van der Waals surface area contributed by atoms with Crippen LogP contribution < -0.4 is 5.56 Å². The van der Waals surface area contributed by atoms with Gasteiger partial charge in [-0.2, -0.15) is 0 Å². The van der Waals surface area contributed by atoms with Gasteiger partial charge in [0.25, 0.3) is 5.56 Å². The van der Waals surface area contributed by atoms with E-state index in [1.54, 1.807) is 19.1 Å². The van der Waals surface area contributed by atoms with Crippen LogP contribution in [-0.4, -0.2) is 15.6 Å². The molecule has 0 fully saturated rings. The minimum absolute atomic E-state index is 0.134. The maximum absolute atomic E-state index is 11.9. The molecular formula is C14H13NO3. The molecule has 0 radical (unpaired) electrons. The third-order valence-corrected chi connectivity index (χ3v) is 2.86. The number of pyridine rings is 1. The van der Waals surface area contributed by atoms with E-state index in [2.05, 4.69) is 0 Å². The zero-order valence-electron chi connectivity index (χ0n) is 10.2. The second kappa shape index (κ2) is 4.49. The van der Waals surface area contributed by atoms with E-state index in [9.17, 15) is 9.59 Å². The van der Waals surface area contributed by atoms with Crippen molar-refractivity contribution in [1.82, 2.24) is 4.57 Å². The molecule has 1 aromatic heterocycles. The largest absolute Gasteiger partial charge is 0.478 e. The first kappa shape index (κ1) is 12.1. The van der Waals surface area contributed by atoms with E-state index in [4.69, 9.17) is 5.11 Å². The third kappa shape index (κ3) is 2.05. The highest BCUT2D eigenvalue weighted by Gasteiger charge is 2.12. The van der Waals surface area contributed by atoms with E-state index in [1.165, 1.54) is 16.7 Å². The number of aromatic nitrogens is 1. The molecular weight excluding hydrogens is 230 g/mol. The first-order chi connectivity index (χ1) is 8.50. The molecule has 0 amide bonds. The zero-order chi connectivity index (χ0) is 13.3. The Kier molecular flexibility index (Phi) is 3.02. The zero-order valence-corrected chi connectivity index (χ0v) is 10.2. The summed E-state index contributed by atoms with van der Waals surface area (Å²) in [5.41, 5.74) is 2.08. The van der Waals surface area contributed by atoms with Gasteiger partial charge < -0.3 is 5.11 Å². The number of aryl methyl sites for hydroxylation is 1. The molecule has 1 heterocycles. The van der Waals surface area contributed by atoms with Crippen LogP contribution in [0.4, 0.5) is 0 Å². The Morgan fingerprint density at radius 1 is 1.06 bits per heavy atom. The molecule has 1 aromatic carbocycles. The summed E-state index contributed by atoms with van der Waals surface area (Å²) in [7, 11) is 0. The van der Waals surface area contributed by atoms with Crippen molar-refractivity contribution in [1.29, 1.82) is 0 Å². The molecule has 0 saturated heterocycles. The molecule has 0 aliphatic carbocycles. The highest BCUT2D eigenvalue weighted by molar-refractivity contribution is 5.88. The lowest BCUT2D eigenvalue weighted by Gasteiger charge is -2.12. The quantitative estimate of drug-likeness (QED) is 0.879. The Labute approximate surface area is 104 Å². The maximum atomic E-state index is 11.9. The minimum atomic E-state index is -1.03. The van der Waals surface area contributed by atoms with Gasteiger partial charge in [0.05, 0.1) is 5.56 Å². The predicted octanol–water partition coefficient (Wildman–Crippen LogP) is 2.15. The summed E-state index contributed by atoms with van der Waals surface area (Å²) >= 11 is 0. The fourth-order valence-electron chi connectivity index (χ4n) is 1.88. The average Bonchev–Trinajstić information content (AvgIpc) is 2.31. The van der Waals surface area contributed by atoms with Crippen molar-refractivity contribution in [3.05, 3.63) is 63.6 Å². The molecule has 1 N–H and O–H groups in total. The summed E-state index contributed by atoms with van der Waals surface area (Å²) < 4.78 is 1.41. The Balaban J connectivity index is 2.70. The molecule has 0 aliphatic rings. The second-order valence-corrected chi connectivity index (χ2v) is 4.15. The molecule has 0 bridgehead atoms. The van der Waals surface area contributed by atoms with E-state index in [-0.39, 0.29) is 11.1 Å². The van der Waals surface area contributed by atoms with Gasteiger partial charge in [-0.25, -0.2) is 4.79 Å². The van der Waals surface area contributed by atoms with E-state index < -0.39 is 5.97 Å². The van der Waals surface area contributed by atoms with Gasteiger partial charge in [-0.15, -0.1) is 0 Å². The molecule has 92 valence electrons. The molecule has 0 unspecified atom stereocenters. The summed E-state index contributed by atoms with van der Waals surface area (Å²) in [6, 6.07) is 9.98. The van der Waals surface area contributed by atoms with Gasteiger partial charge in [0, 0.05) is 17.4 Å². The Bertz CT molecular complexity index is 654. The van der Waals surface area contributed by atoms with Crippen molar-refractivity contribution < 1.29 is 9.90 Å². The van der Waals surface area contributed by atoms with Gasteiger partial charge in [-0.05, 0) is 32.0 Å². The van der Waals surface area contributed by atoms with Crippen LogP contribution in [0.3, 0.4) is 0 Å². The van der Waals surface area contributed by atoms with Gasteiger partial charge in [-0.3, -0.25) is 9.36 Å². The second-order valence-electron chi connectivity index (χ2n) is 4.15. The lowest BCUT2D eigenvalue weighted by Crippen LogP contribution is -2.22. The SMILES string of the molecule is Cc1ccc(-n2c(C)c(C(=O)O)ccc2=O)cc1.